The molecule has 2 aromatic rings. The van der Waals surface area contributed by atoms with Gasteiger partial charge in [0.2, 0.25) is 5.91 Å². The molecule has 2 aromatic carbocycles. The van der Waals surface area contributed by atoms with Crippen LogP contribution in [0.2, 0.25) is 0 Å². The third-order valence-electron chi connectivity index (χ3n) is 4.84. The standard InChI is InChI=1S/C18H18FN3O2/c1-24-11-8-6-10(7-9-11)15-14-16(12-4-2-3-5-13(12)19)20-18(23)17(14)22-21-15/h2-9,14-17,21-22H,1H3,(H,20,23). The average molecular weight is 327 g/mol. The summed E-state index contributed by atoms with van der Waals surface area (Å²) in [5.41, 5.74) is 7.77. The van der Waals surface area contributed by atoms with Crippen molar-refractivity contribution in [2.24, 2.45) is 5.92 Å². The fourth-order valence-electron chi connectivity index (χ4n) is 3.66. The number of halogens is 1. The Kier molecular flexibility index (Phi) is 3.70. The van der Waals surface area contributed by atoms with E-state index in [1.807, 2.05) is 24.3 Å². The molecule has 2 aliphatic heterocycles. The largest absolute Gasteiger partial charge is 0.497 e. The smallest absolute Gasteiger partial charge is 0.239 e. The average Bonchev–Trinajstić information content (AvgIpc) is 3.17. The fraction of sp³-hybridized carbons (Fsp3) is 0.278. The van der Waals surface area contributed by atoms with E-state index in [9.17, 15) is 9.18 Å². The summed E-state index contributed by atoms with van der Waals surface area (Å²) in [6, 6.07) is 13.4. The molecule has 0 bridgehead atoms. The third-order valence-corrected chi connectivity index (χ3v) is 4.84. The van der Waals surface area contributed by atoms with E-state index in [2.05, 4.69) is 16.2 Å². The van der Waals surface area contributed by atoms with E-state index in [1.165, 1.54) is 6.07 Å². The van der Waals surface area contributed by atoms with Crippen LogP contribution in [0.25, 0.3) is 0 Å². The minimum Gasteiger partial charge on any atom is -0.497 e. The lowest BCUT2D eigenvalue weighted by molar-refractivity contribution is -0.121. The zero-order valence-electron chi connectivity index (χ0n) is 13.1. The highest BCUT2D eigenvalue weighted by Gasteiger charge is 2.51. The Morgan fingerprint density at radius 1 is 0.958 bits per heavy atom. The van der Waals surface area contributed by atoms with Gasteiger partial charge >= 0.3 is 0 Å². The van der Waals surface area contributed by atoms with Gasteiger partial charge in [0.1, 0.15) is 17.6 Å². The van der Waals surface area contributed by atoms with Gasteiger partial charge in [0.15, 0.2) is 0 Å². The number of carbonyl (C=O) groups is 1. The summed E-state index contributed by atoms with van der Waals surface area (Å²) in [7, 11) is 1.62. The minimum atomic E-state index is -0.387. The molecule has 2 saturated heterocycles. The van der Waals surface area contributed by atoms with Gasteiger partial charge in [-0.2, -0.15) is 0 Å². The third kappa shape index (κ3) is 2.35. The highest BCUT2D eigenvalue weighted by atomic mass is 19.1. The number of hydrogen-bond donors (Lipinski definition) is 3. The summed E-state index contributed by atoms with van der Waals surface area (Å²) in [6.07, 6.45) is 0. The molecule has 5 nitrogen and oxygen atoms in total. The van der Waals surface area contributed by atoms with Crippen molar-refractivity contribution in [1.29, 1.82) is 0 Å². The van der Waals surface area contributed by atoms with Crippen molar-refractivity contribution in [2.45, 2.75) is 18.1 Å². The van der Waals surface area contributed by atoms with Crippen LogP contribution < -0.4 is 20.9 Å². The van der Waals surface area contributed by atoms with Crippen LogP contribution in [-0.4, -0.2) is 19.1 Å². The summed E-state index contributed by atoms with van der Waals surface area (Å²) >= 11 is 0. The van der Waals surface area contributed by atoms with Crippen molar-refractivity contribution in [3.63, 3.8) is 0 Å². The van der Waals surface area contributed by atoms with Gasteiger partial charge in [-0.05, 0) is 23.8 Å². The number of methoxy groups -OCH3 is 1. The molecule has 0 aromatic heterocycles. The molecule has 2 heterocycles. The maximum absolute atomic E-state index is 14.2. The molecule has 0 aliphatic carbocycles. The van der Waals surface area contributed by atoms with Crippen LogP contribution in [0.3, 0.4) is 0 Å². The molecule has 0 radical (unpaired) electrons. The summed E-state index contributed by atoms with van der Waals surface area (Å²) < 4.78 is 19.4. The van der Waals surface area contributed by atoms with E-state index in [0.717, 1.165) is 11.3 Å². The highest BCUT2D eigenvalue weighted by Crippen LogP contribution is 2.42. The Morgan fingerprint density at radius 3 is 2.38 bits per heavy atom. The molecule has 2 fully saturated rings. The number of hydrogen-bond acceptors (Lipinski definition) is 4. The van der Waals surface area contributed by atoms with Gasteiger partial charge < -0.3 is 10.1 Å². The molecule has 4 atom stereocenters. The van der Waals surface area contributed by atoms with Gasteiger partial charge in [0, 0.05) is 11.5 Å². The Morgan fingerprint density at radius 2 is 1.67 bits per heavy atom. The molecular weight excluding hydrogens is 309 g/mol. The number of benzene rings is 2. The second kappa shape index (κ2) is 5.89. The summed E-state index contributed by atoms with van der Waals surface area (Å²) in [6.45, 7) is 0. The predicted octanol–water partition coefficient (Wildman–Crippen LogP) is 1.84. The summed E-state index contributed by atoms with van der Waals surface area (Å²) in [5, 5.41) is 2.93. The first kappa shape index (κ1) is 15.1. The Balaban J connectivity index is 1.70. The van der Waals surface area contributed by atoms with Gasteiger partial charge in [0.05, 0.1) is 19.2 Å². The van der Waals surface area contributed by atoms with Gasteiger partial charge in [-0.15, -0.1) is 0 Å². The molecule has 2 aliphatic rings. The highest BCUT2D eigenvalue weighted by molar-refractivity contribution is 5.86. The quantitative estimate of drug-likeness (QED) is 0.805. The van der Waals surface area contributed by atoms with Gasteiger partial charge in [-0.3, -0.25) is 4.79 Å². The van der Waals surface area contributed by atoms with E-state index in [-0.39, 0.29) is 35.8 Å². The number of amides is 1. The lowest BCUT2D eigenvalue weighted by Crippen LogP contribution is -2.39. The van der Waals surface area contributed by atoms with Crippen molar-refractivity contribution in [2.75, 3.05) is 7.11 Å². The van der Waals surface area contributed by atoms with E-state index >= 15 is 0 Å². The lowest BCUT2D eigenvalue weighted by atomic mass is 9.83. The number of rotatable bonds is 3. The maximum atomic E-state index is 14.2. The number of nitrogens with one attached hydrogen (secondary N) is 3. The second-order valence-electron chi connectivity index (χ2n) is 6.10. The zero-order valence-corrected chi connectivity index (χ0v) is 13.1. The number of ether oxygens (including phenoxy) is 1. The first-order chi connectivity index (χ1) is 11.7. The van der Waals surface area contributed by atoms with Crippen LogP contribution in [0.5, 0.6) is 5.75 Å². The Hall–Kier alpha value is -2.44. The van der Waals surface area contributed by atoms with Crippen LogP contribution in [0.1, 0.15) is 23.2 Å². The molecule has 1 amide bonds. The Bertz CT molecular complexity index is 765. The topological polar surface area (TPSA) is 62.4 Å². The van der Waals surface area contributed by atoms with Crippen molar-refractivity contribution in [3.8, 4) is 5.75 Å². The van der Waals surface area contributed by atoms with E-state index in [4.69, 9.17) is 4.74 Å². The van der Waals surface area contributed by atoms with E-state index < -0.39 is 0 Å². The molecule has 124 valence electrons. The maximum Gasteiger partial charge on any atom is 0.239 e. The fourth-order valence-corrected chi connectivity index (χ4v) is 3.66. The van der Waals surface area contributed by atoms with Crippen LogP contribution in [-0.2, 0) is 4.79 Å². The van der Waals surface area contributed by atoms with Crippen LogP contribution >= 0.6 is 0 Å². The molecule has 24 heavy (non-hydrogen) atoms. The monoisotopic (exact) mass is 327 g/mol. The van der Waals surface area contributed by atoms with Crippen LogP contribution in [0.4, 0.5) is 4.39 Å². The van der Waals surface area contributed by atoms with E-state index in [0.29, 0.717) is 5.56 Å². The minimum absolute atomic E-state index is 0.107. The molecule has 3 N–H and O–H groups in total. The van der Waals surface area contributed by atoms with Crippen molar-refractivity contribution >= 4 is 5.91 Å². The lowest BCUT2D eigenvalue weighted by Gasteiger charge is -2.24. The first-order valence-electron chi connectivity index (χ1n) is 7.89. The predicted molar refractivity (Wildman–Crippen MR) is 86.6 cm³/mol. The van der Waals surface area contributed by atoms with Crippen LogP contribution in [0, 0.1) is 11.7 Å². The molecule has 4 rings (SSSR count). The normalized spacial score (nSPS) is 28.5. The SMILES string of the molecule is COc1ccc(C2NNC3C(=O)NC(c4ccccc4F)C32)cc1. The van der Waals surface area contributed by atoms with Gasteiger partial charge in [-0.25, -0.2) is 15.2 Å². The first-order valence-corrected chi connectivity index (χ1v) is 7.89. The van der Waals surface area contributed by atoms with Crippen molar-refractivity contribution in [1.82, 2.24) is 16.2 Å². The molecule has 4 unspecified atom stereocenters. The van der Waals surface area contributed by atoms with Gasteiger partial charge in [-0.1, -0.05) is 30.3 Å². The number of fused-ring (bicyclic) bond motifs is 1. The number of hydrazine groups is 1. The van der Waals surface area contributed by atoms with Gasteiger partial charge in [0.25, 0.3) is 0 Å². The molecule has 0 spiro atoms. The summed E-state index contributed by atoms with van der Waals surface area (Å²) in [5.74, 6) is 0.232. The molecule has 0 saturated carbocycles. The molecular formula is C18H18FN3O2. The summed E-state index contributed by atoms with van der Waals surface area (Å²) in [4.78, 5) is 12.3. The van der Waals surface area contributed by atoms with E-state index in [1.54, 1.807) is 25.3 Å². The van der Waals surface area contributed by atoms with Crippen molar-refractivity contribution in [3.05, 3.63) is 65.5 Å². The zero-order chi connectivity index (χ0) is 16.7. The second-order valence-corrected chi connectivity index (χ2v) is 6.10. The van der Waals surface area contributed by atoms with Crippen LogP contribution in [0.15, 0.2) is 48.5 Å². The number of carbonyl (C=O) groups excluding carboxylic acids is 1. The Labute approximate surface area is 139 Å². The molecule has 6 heteroatoms. The van der Waals surface area contributed by atoms with Crippen molar-refractivity contribution < 1.29 is 13.9 Å².